The van der Waals surface area contributed by atoms with Gasteiger partial charge in [0, 0.05) is 13.0 Å². The maximum Gasteiger partial charge on any atom is 0.408 e. The first kappa shape index (κ1) is 15.0. The van der Waals surface area contributed by atoms with Gasteiger partial charge in [-0.1, -0.05) is 0 Å². The molecule has 0 radical (unpaired) electrons. The SMILES string of the molecule is CCOCC(=O)CC1(NC(=O)OC(C)(C)C)CC1. The lowest BCUT2D eigenvalue weighted by Crippen LogP contribution is -2.42. The van der Waals surface area contributed by atoms with Crippen LogP contribution in [0.15, 0.2) is 0 Å². The number of hydrogen-bond donors (Lipinski definition) is 1. The molecule has 0 unspecified atom stereocenters. The average Bonchev–Trinajstić information content (AvgIpc) is 2.91. The van der Waals surface area contributed by atoms with E-state index in [-0.39, 0.29) is 12.4 Å². The van der Waals surface area contributed by atoms with Crippen LogP contribution in [-0.2, 0) is 14.3 Å². The molecule has 1 aliphatic carbocycles. The first-order chi connectivity index (χ1) is 8.26. The highest BCUT2D eigenvalue weighted by Crippen LogP contribution is 2.39. The molecule has 5 heteroatoms. The van der Waals surface area contributed by atoms with Crippen LogP contribution in [0.3, 0.4) is 0 Å². The molecule has 5 nitrogen and oxygen atoms in total. The summed E-state index contributed by atoms with van der Waals surface area (Å²) in [6.07, 6.45) is 1.52. The maximum absolute atomic E-state index is 11.6. The molecular weight excluding hydrogens is 234 g/mol. The Morgan fingerprint density at radius 3 is 2.33 bits per heavy atom. The molecule has 1 saturated carbocycles. The van der Waals surface area contributed by atoms with Crippen LogP contribution in [-0.4, -0.2) is 36.2 Å². The van der Waals surface area contributed by atoms with E-state index in [1.54, 1.807) is 0 Å². The van der Waals surface area contributed by atoms with Crippen molar-refractivity contribution in [2.45, 2.75) is 58.1 Å². The summed E-state index contributed by atoms with van der Waals surface area (Å²) < 4.78 is 10.2. The summed E-state index contributed by atoms with van der Waals surface area (Å²) in [6, 6.07) is 0. The molecule has 0 saturated heterocycles. The molecule has 1 amide bonds. The summed E-state index contributed by atoms with van der Waals surface area (Å²) in [5, 5.41) is 2.79. The topological polar surface area (TPSA) is 64.6 Å². The van der Waals surface area contributed by atoms with Crippen molar-refractivity contribution in [2.75, 3.05) is 13.2 Å². The highest BCUT2D eigenvalue weighted by molar-refractivity contribution is 5.82. The second-order valence-corrected chi connectivity index (χ2v) is 5.76. The van der Waals surface area contributed by atoms with Crippen LogP contribution in [0.5, 0.6) is 0 Å². The molecule has 18 heavy (non-hydrogen) atoms. The third-order valence-corrected chi connectivity index (χ3v) is 2.62. The van der Waals surface area contributed by atoms with Crippen molar-refractivity contribution in [1.82, 2.24) is 5.32 Å². The zero-order valence-electron chi connectivity index (χ0n) is 11.7. The third-order valence-electron chi connectivity index (χ3n) is 2.62. The van der Waals surface area contributed by atoms with Crippen molar-refractivity contribution >= 4 is 11.9 Å². The largest absolute Gasteiger partial charge is 0.444 e. The van der Waals surface area contributed by atoms with Gasteiger partial charge in [0.2, 0.25) is 0 Å². The van der Waals surface area contributed by atoms with E-state index in [2.05, 4.69) is 5.32 Å². The monoisotopic (exact) mass is 257 g/mol. The van der Waals surface area contributed by atoms with Crippen molar-refractivity contribution in [3.05, 3.63) is 0 Å². The fourth-order valence-electron chi connectivity index (χ4n) is 1.66. The minimum atomic E-state index is -0.518. The summed E-state index contributed by atoms with van der Waals surface area (Å²) >= 11 is 0. The van der Waals surface area contributed by atoms with Gasteiger partial charge in [0.1, 0.15) is 12.2 Å². The Kier molecular flexibility index (Phi) is 4.73. The van der Waals surface area contributed by atoms with Gasteiger partial charge in [-0.2, -0.15) is 0 Å². The van der Waals surface area contributed by atoms with E-state index in [1.165, 1.54) is 0 Å². The summed E-state index contributed by atoms with van der Waals surface area (Å²) in [4.78, 5) is 23.2. The quantitative estimate of drug-likeness (QED) is 0.790. The number of Topliss-reactive ketones (excluding diaryl/α,β-unsaturated/α-hetero) is 1. The zero-order valence-corrected chi connectivity index (χ0v) is 11.7. The van der Waals surface area contributed by atoms with Gasteiger partial charge >= 0.3 is 6.09 Å². The lowest BCUT2D eigenvalue weighted by molar-refractivity contribution is -0.124. The van der Waals surface area contributed by atoms with Crippen molar-refractivity contribution in [3.8, 4) is 0 Å². The number of ketones is 1. The zero-order chi connectivity index (χ0) is 13.8. The van der Waals surface area contributed by atoms with Crippen LogP contribution in [0.1, 0.15) is 47.0 Å². The van der Waals surface area contributed by atoms with Crippen LogP contribution in [0, 0.1) is 0 Å². The number of carbonyl (C=O) groups excluding carboxylic acids is 2. The average molecular weight is 257 g/mol. The van der Waals surface area contributed by atoms with E-state index in [4.69, 9.17) is 9.47 Å². The molecule has 0 bridgehead atoms. The van der Waals surface area contributed by atoms with E-state index in [9.17, 15) is 9.59 Å². The van der Waals surface area contributed by atoms with Gasteiger partial charge in [-0.25, -0.2) is 4.79 Å². The molecule has 0 aromatic carbocycles. The molecule has 0 aromatic rings. The molecular formula is C13H23NO4. The van der Waals surface area contributed by atoms with Gasteiger partial charge in [0.05, 0.1) is 5.54 Å². The van der Waals surface area contributed by atoms with Gasteiger partial charge in [0.25, 0.3) is 0 Å². The minimum absolute atomic E-state index is 0.0189. The summed E-state index contributed by atoms with van der Waals surface area (Å²) in [7, 11) is 0. The number of rotatable bonds is 6. The number of carbonyl (C=O) groups is 2. The number of nitrogens with one attached hydrogen (secondary N) is 1. The Balaban J connectivity index is 2.37. The highest BCUT2D eigenvalue weighted by Gasteiger charge is 2.46. The van der Waals surface area contributed by atoms with E-state index in [0.717, 1.165) is 12.8 Å². The molecule has 0 atom stereocenters. The summed E-state index contributed by atoms with van der Waals surface area (Å²) in [6.45, 7) is 7.93. The van der Waals surface area contributed by atoms with Crippen molar-refractivity contribution in [2.24, 2.45) is 0 Å². The predicted molar refractivity (Wildman–Crippen MR) is 67.5 cm³/mol. The number of amides is 1. The first-order valence-corrected chi connectivity index (χ1v) is 6.37. The molecule has 1 aliphatic rings. The first-order valence-electron chi connectivity index (χ1n) is 6.37. The molecule has 1 fully saturated rings. The summed E-state index contributed by atoms with van der Waals surface area (Å²) in [5.41, 5.74) is -0.911. The Labute approximate surface area is 108 Å². The second-order valence-electron chi connectivity index (χ2n) is 5.76. The predicted octanol–water partition coefficient (Wildman–Crippen LogP) is 2.04. The highest BCUT2D eigenvalue weighted by atomic mass is 16.6. The van der Waals surface area contributed by atoms with E-state index in [1.807, 2.05) is 27.7 Å². The van der Waals surface area contributed by atoms with Gasteiger partial charge in [-0.15, -0.1) is 0 Å². The molecule has 1 N–H and O–H groups in total. The fourth-order valence-corrected chi connectivity index (χ4v) is 1.66. The molecule has 0 aliphatic heterocycles. The number of ether oxygens (including phenoxy) is 2. The standard InChI is InChI=1S/C13H23NO4/c1-5-17-9-10(15)8-13(6-7-13)14-11(16)18-12(2,3)4/h5-9H2,1-4H3,(H,14,16). The normalized spacial score (nSPS) is 17.1. The van der Waals surface area contributed by atoms with Crippen LogP contribution >= 0.6 is 0 Å². The Hall–Kier alpha value is -1.10. The van der Waals surface area contributed by atoms with Gasteiger partial charge in [-0.05, 0) is 40.5 Å². The lowest BCUT2D eigenvalue weighted by atomic mass is 10.1. The summed E-state index contributed by atoms with van der Waals surface area (Å²) in [5.74, 6) is 0.0189. The minimum Gasteiger partial charge on any atom is -0.444 e. The Morgan fingerprint density at radius 2 is 1.89 bits per heavy atom. The van der Waals surface area contributed by atoms with Gasteiger partial charge in [0.15, 0.2) is 5.78 Å². The van der Waals surface area contributed by atoms with Crippen LogP contribution < -0.4 is 5.32 Å². The van der Waals surface area contributed by atoms with E-state index >= 15 is 0 Å². The van der Waals surface area contributed by atoms with E-state index in [0.29, 0.717) is 13.0 Å². The number of hydrogen-bond acceptors (Lipinski definition) is 4. The van der Waals surface area contributed by atoms with Gasteiger partial charge < -0.3 is 14.8 Å². The second kappa shape index (κ2) is 5.69. The Bertz CT molecular complexity index is 315. The van der Waals surface area contributed by atoms with Gasteiger partial charge in [-0.3, -0.25) is 4.79 Å². The molecule has 0 aromatic heterocycles. The molecule has 0 spiro atoms. The number of alkyl carbamates (subject to hydrolysis) is 1. The van der Waals surface area contributed by atoms with Crippen LogP contribution in [0.25, 0.3) is 0 Å². The molecule has 104 valence electrons. The Morgan fingerprint density at radius 1 is 1.28 bits per heavy atom. The smallest absolute Gasteiger partial charge is 0.408 e. The van der Waals surface area contributed by atoms with Crippen LogP contribution in [0.2, 0.25) is 0 Å². The van der Waals surface area contributed by atoms with Crippen molar-refractivity contribution in [3.63, 3.8) is 0 Å². The molecule has 0 heterocycles. The van der Waals surface area contributed by atoms with Crippen molar-refractivity contribution < 1.29 is 19.1 Å². The maximum atomic E-state index is 11.6. The van der Waals surface area contributed by atoms with Crippen LogP contribution in [0.4, 0.5) is 4.79 Å². The fraction of sp³-hybridized carbons (Fsp3) is 0.846. The lowest BCUT2D eigenvalue weighted by Gasteiger charge is -2.23. The molecule has 1 rings (SSSR count). The van der Waals surface area contributed by atoms with Crippen molar-refractivity contribution in [1.29, 1.82) is 0 Å². The van der Waals surface area contributed by atoms with E-state index < -0.39 is 17.2 Å². The third kappa shape index (κ3) is 5.49.